The zero-order valence-electron chi connectivity index (χ0n) is 15.2. The normalized spacial score (nSPS) is 12.2. The van der Waals surface area contributed by atoms with Crippen molar-refractivity contribution in [2.24, 2.45) is 4.99 Å². The third-order valence-electron chi connectivity index (χ3n) is 2.77. The maximum Gasteiger partial charge on any atom is 0.408 e. The van der Waals surface area contributed by atoms with Gasteiger partial charge < -0.3 is 20.7 Å². The van der Waals surface area contributed by atoms with E-state index in [4.69, 9.17) is 4.74 Å². The Morgan fingerprint density at radius 1 is 1.25 bits per heavy atom. The first-order chi connectivity index (χ1) is 10.6. The molecule has 24 heavy (non-hydrogen) atoms. The number of thiophene rings is 1. The van der Waals surface area contributed by atoms with Gasteiger partial charge in [0.05, 0.1) is 12.1 Å². The van der Waals surface area contributed by atoms with E-state index < -0.39 is 17.2 Å². The van der Waals surface area contributed by atoms with Crippen LogP contribution in [0.3, 0.4) is 0 Å². The quantitative estimate of drug-likeness (QED) is 0.352. The van der Waals surface area contributed by atoms with Gasteiger partial charge in [0.15, 0.2) is 5.96 Å². The lowest BCUT2D eigenvalue weighted by atomic mass is 10.1. The number of ether oxygens (including phenoxy) is 1. The number of alkyl carbamates (subject to hydrolysis) is 1. The number of carbonyl (C=O) groups excluding carboxylic acids is 1. The molecular weight excluding hydrogens is 439 g/mol. The van der Waals surface area contributed by atoms with Crippen LogP contribution in [0, 0.1) is 0 Å². The van der Waals surface area contributed by atoms with Gasteiger partial charge in [0, 0.05) is 18.5 Å². The molecule has 0 saturated carbocycles. The van der Waals surface area contributed by atoms with Gasteiger partial charge in [0.2, 0.25) is 0 Å². The van der Waals surface area contributed by atoms with Crippen LogP contribution in [-0.2, 0) is 11.3 Å². The van der Waals surface area contributed by atoms with E-state index in [2.05, 4.69) is 27.0 Å². The van der Waals surface area contributed by atoms with E-state index in [1.165, 1.54) is 4.88 Å². The summed E-state index contributed by atoms with van der Waals surface area (Å²) in [5.74, 6) is 0.692. The van der Waals surface area contributed by atoms with Crippen molar-refractivity contribution in [3.63, 3.8) is 0 Å². The van der Waals surface area contributed by atoms with E-state index in [0.717, 1.165) is 6.54 Å². The average Bonchev–Trinajstić information content (AvgIpc) is 2.88. The van der Waals surface area contributed by atoms with Gasteiger partial charge in [-0.3, -0.25) is 4.99 Å². The van der Waals surface area contributed by atoms with Gasteiger partial charge >= 0.3 is 6.09 Å². The molecule has 3 N–H and O–H groups in total. The summed E-state index contributed by atoms with van der Waals surface area (Å²) >= 11 is 1.69. The second-order valence-electron chi connectivity index (χ2n) is 6.87. The molecule has 138 valence electrons. The van der Waals surface area contributed by atoms with E-state index in [0.29, 0.717) is 12.5 Å². The molecule has 0 unspecified atom stereocenters. The third kappa shape index (κ3) is 9.96. The van der Waals surface area contributed by atoms with Crippen molar-refractivity contribution < 1.29 is 9.53 Å². The Morgan fingerprint density at radius 2 is 1.92 bits per heavy atom. The molecule has 6 nitrogen and oxygen atoms in total. The summed E-state index contributed by atoms with van der Waals surface area (Å²) in [7, 11) is 1.72. The van der Waals surface area contributed by atoms with Gasteiger partial charge in [0.25, 0.3) is 0 Å². The number of nitrogens with one attached hydrogen (secondary N) is 3. The number of rotatable bonds is 5. The first-order valence-corrected chi connectivity index (χ1v) is 8.47. The number of hydrogen-bond acceptors (Lipinski definition) is 4. The molecule has 0 bridgehead atoms. The number of aliphatic imine (C=N–C) groups is 1. The number of halogens is 1. The second-order valence-corrected chi connectivity index (χ2v) is 7.90. The van der Waals surface area contributed by atoms with E-state index in [9.17, 15) is 4.79 Å². The van der Waals surface area contributed by atoms with Crippen LogP contribution in [0.4, 0.5) is 4.79 Å². The van der Waals surface area contributed by atoms with Crippen molar-refractivity contribution in [2.45, 2.75) is 52.3 Å². The van der Waals surface area contributed by atoms with Crippen LogP contribution in [0.5, 0.6) is 0 Å². The van der Waals surface area contributed by atoms with Crippen molar-refractivity contribution in [1.82, 2.24) is 16.0 Å². The lowest BCUT2D eigenvalue weighted by Gasteiger charge is -2.29. The molecule has 1 aromatic heterocycles. The average molecular weight is 468 g/mol. The molecule has 0 radical (unpaired) electrons. The van der Waals surface area contributed by atoms with E-state index in [1.807, 2.05) is 46.1 Å². The standard InChI is InChI=1S/C16H28N4O2S.HI/c1-15(2,3)22-14(21)20-16(4,5)11-19-13(17-6)18-10-12-8-7-9-23-12;/h7-9H,10-11H2,1-6H3,(H,20,21)(H2,17,18,19);1H. The third-order valence-corrected chi connectivity index (χ3v) is 3.65. The Morgan fingerprint density at radius 3 is 2.42 bits per heavy atom. The maximum atomic E-state index is 11.9. The summed E-state index contributed by atoms with van der Waals surface area (Å²) in [5, 5.41) is 11.4. The Labute approximate surface area is 165 Å². The molecule has 1 aromatic rings. The first kappa shape index (κ1) is 23.0. The topological polar surface area (TPSA) is 74.8 Å². The number of guanidine groups is 1. The molecule has 0 fully saturated rings. The molecule has 1 rings (SSSR count). The molecule has 0 saturated heterocycles. The lowest BCUT2D eigenvalue weighted by molar-refractivity contribution is 0.0474. The molecule has 8 heteroatoms. The molecule has 0 atom stereocenters. The predicted octanol–water partition coefficient (Wildman–Crippen LogP) is 3.33. The SMILES string of the molecule is CN=C(NCc1cccs1)NCC(C)(C)NC(=O)OC(C)(C)C.I. The van der Waals surface area contributed by atoms with Crippen molar-refractivity contribution >= 4 is 47.4 Å². The van der Waals surface area contributed by atoms with Crippen molar-refractivity contribution in [1.29, 1.82) is 0 Å². The van der Waals surface area contributed by atoms with Gasteiger partial charge in [-0.05, 0) is 46.1 Å². The van der Waals surface area contributed by atoms with Gasteiger partial charge in [-0.1, -0.05) is 6.07 Å². The van der Waals surface area contributed by atoms with Crippen LogP contribution >= 0.6 is 35.3 Å². The molecule has 0 aromatic carbocycles. The highest BCUT2D eigenvalue weighted by molar-refractivity contribution is 14.0. The number of carbonyl (C=O) groups is 1. The van der Waals surface area contributed by atoms with Crippen molar-refractivity contribution in [2.75, 3.05) is 13.6 Å². The Hall–Kier alpha value is -1.03. The molecule has 1 amide bonds. The largest absolute Gasteiger partial charge is 0.444 e. The summed E-state index contributed by atoms with van der Waals surface area (Å²) in [5.41, 5.74) is -0.977. The fraction of sp³-hybridized carbons (Fsp3) is 0.625. The monoisotopic (exact) mass is 468 g/mol. The summed E-state index contributed by atoms with van der Waals surface area (Å²) in [6.07, 6.45) is -0.425. The number of amides is 1. The summed E-state index contributed by atoms with van der Waals surface area (Å²) in [6.45, 7) is 10.6. The lowest BCUT2D eigenvalue weighted by Crippen LogP contribution is -2.54. The molecule has 0 aliphatic heterocycles. The summed E-state index contributed by atoms with van der Waals surface area (Å²) in [6, 6.07) is 4.09. The molecule has 0 spiro atoms. The van der Waals surface area contributed by atoms with Crippen LogP contribution in [0.2, 0.25) is 0 Å². The van der Waals surface area contributed by atoms with Crippen LogP contribution in [0.1, 0.15) is 39.5 Å². The second kappa shape index (κ2) is 10.1. The molecule has 0 aliphatic rings. The Bertz CT molecular complexity index is 525. The minimum Gasteiger partial charge on any atom is -0.444 e. The predicted molar refractivity (Wildman–Crippen MR) is 111 cm³/mol. The van der Waals surface area contributed by atoms with E-state index in [-0.39, 0.29) is 24.0 Å². The Kier molecular flexibility index (Phi) is 9.64. The smallest absolute Gasteiger partial charge is 0.408 e. The fourth-order valence-electron chi connectivity index (χ4n) is 1.73. The zero-order chi connectivity index (χ0) is 17.5. The van der Waals surface area contributed by atoms with Crippen molar-refractivity contribution in [3.05, 3.63) is 22.4 Å². The first-order valence-electron chi connectivity index (χ1n) is 7.59. The highest BCUT2D eigenvalue weighted by Gasteiger charge is 2.24. The van der Waals surface area contributed by atoms with Gasteiger partial charge in [-0.15, -0.1) is 35.3 Å². The van der Waals surface area contributed by atoms with Crippen LogP contribution in [0.25, 0.3) is 0 Å². The fourth-order valence-corrected chi connectivity index (χ4v) is 2.38. The van der Waals surface area contributed by atoms with E-state index >= 15 is 0 Å². The van der Waals surface area contributed by atoms with Gasteiger partial charge in [-0.25, -0.2) is 4.79 Å². The van der Waals surface area contributed by atoms with E-state index in [1.54, 1.807) is 18.4 Å². The minimum atomic E-state index is -0.508. The van der Waals surface area contributed by atoms with Gasteiger partial charge in [-0.2, -0.15) is 0 Å². The minimum absolute atomic E-state index is 0. The molecular formula is C16H29IN4O2S. The molecule has 0 aliphatic carbocycles. The summed E-state index contributed by atoms with van der Waals surface area (Å²) in [4.78, 5) is 17.3. The maximum absolute atomic E-state index is 11.9. The highest BCUT2D eigenvalue weighted by atomic mass is 127. The number of nitrogens with zero attached hydrogens (tertiary/aromatic N) is 1. The zero-order valence-corrected chi connectivity index (χ0v) is 18.4. The van der Waals surface area contributed by atoms with Crippen molar-refractivity contribution in [3.8, 4) is 0 Å². The summed E-state index contributed by atoms with van der Waals surface area (Å²) < 4.78 is 5.28. The van der Waals surface area contributed by atoms with Crippen LogP contribution in [-0.4, -0.2) is 36.8 Å². The van der Waals surface area contributed by atoms with Crippen LogP contribution in [0.15, 0.2) is 22.5 Å². The molecule has 1 heterocycles. The number of hydrogen-bond donors (Lipinski definition) is 3. The Balaban J connectivity index is 0.00000529. The highest BCUT2D eigenvalue weighted by Crippen LogP contribution is 2.09. The van der Waals surface area contributed by atoms with Crippen LogP contribution < -0.4 is 16.0 Å². The van der Waals surface area contributed by atoms with Gasteiger partial charge in [0.1, 0.15) is 5.60 Å².